The van der Waals surface area contributed by atoms with Crippen LogP contribution in [0.4, 0.5) is 0 Å². The fourth-order valence-electron chi connectivity index (χ4n) is 2.19. The maximum atomic E-state index is 10.8. The normalized spacial score (nSPS) is 18.9. The summed E-state index contributed by atoms with van der Waals surface area (Å²) in [5.41, 5.74) is 4.18. The van der Waals surface area contributed by atoms with Crippen LogP contribution in [0.15, 0.2) is 0 Å². The van der Waals surface area contributed by atoms with Crippen molar-refractivity contribution in [3.63, 3.8) is 0 Å². The molecule has 1 fully saturated rings. The Morgan fingerprint density at radius 1 is 1.25 bits per heavy atom. The van der Waals surface area contributed by atoms with Crippen molar-refractivity contribution < 1.29 is 19.8 Å². The van der Waals surface area contributed by atoms with Gasteiger partial charge in [-0.3, -0.25) is 14.5 Å². The van der Waals surface area contributed by atoms with Gasteiger partial charge in [0, 0.05) is 6.54 Å². The summed E-state index contributed by atoms with van der Waals surface area (Å²) in [7, 11) is 0. The highest BCUT2D eigenvalue weighted by atomic mass is 16.4. The molecule has 0 heterocycles. The van der Waals surface area contributed by atoms with Crippen molar-refractivity contribution in [3.8, 4) is 0 Å². The van der Waals surface area contributed by atoms with Crippen LogP contribution in [0.1, 0.15) is 25.7 Å². The zero-order chi connectivity index (χ0) is 12.2. The van der Waals surface area contributed by atoms with Gasteiger partial charge < -0.3 is 15.9 Å². The third-order valence-electron chi connectivity index (χ3n) is 2.79. The molecule has 1 rings (SSSR count). The topological polar surface area (TPSA) is 104 Å². The van der Waals surface area contributed by atoms with E-state index in [-0.39, 0.29) is 19.6 Å². The third kappa shape index (κ3) is 4.16. The second-order valence-electron chi connectivity index (χ2n) is 4.44. The Hall–Kier alpha value is -1.14. The number of aliphatic hydroxyl groups is 1. The Morgan fingerprint density at radius 2 is 1.81 bits per heavy atom. The van der Waals surface area contributed by atoms with Gasteiger partial charge in [0.05, 0.1) is 18.7 Å². The molecule has 0 unspecified atom stereocenters. The van der Waals surface area contributed by atoms with Crippen molar-refractivity contribution >= 4 is 11.9 Å². The average Bonchev–Trinajstić information content (AvgIpc) is 2.48. The smallest absolute Gasteiger partial charge is 0.317 e. The molecule has 4 N–H and O–H groups in total. The molecule has 0 saturated heterocycles. The first-order valence-corrected chi connectivity index (χ1v) is 5.36. The quantitative estimate of drug-likeness (QED) is 0.552. The monoisotopic (exact) mass is 230 g/mol. The largest absolute Gasteiger partial charge is 0.480 e. The Balaban J connectivity index is 2.54. The Bertz CT molecular complexity index is 258. The van der Waals surface area contributed by atoms with Crippen LogP contribution in [-0.2, 0) is 9.59 Å². The van der Waals surface area contributed by atoms with Crippen LogP contribution in [0.25, 0.3) is 0 Å². The summed E-state index contributed by atoms with van der Waals surface area (Å²) < 4.78 is 0. The number of primary amides is 1. The van der Waals surface area contributed by atoms with E-state index in [1.54, 1.807) is 0 Å². The Kier molecular flexibility index (Phi) is 4.26. The van der Waals surface area contributed by atoms with E-state index in [2.05, 4.69) is 0 Å². The minimum absolute atomic E-state index is 0.130. The number of carbonyl (C=O) groups excluding carboxylic acids is 1. The lowest BCUT2D eigenvalue weighted by molar-refractivity contribution is -0.139. The van der Waals surface area contributed by atoms with Crippen molar-refractivity contribution in [1.29, 1.82) is 0 Å². The molecule has 0 bridgehead atoms. The van der Waals surface area contributed by atoms with E-state index in [0.29, 0.717) is 12.8 Å². The number of amides is 1. The summed E-state index contributed by atoms with van der Waals surface area (Å²) >= 11 is 0. The molecule has 0 aliphatic heterocycles. The highest BCUT2D eigenvalue weighted by Crippen LogP contribution is 2.30. The second-order valence-corrected chi connectivity index (χ2v) is 4.44. The molecule has 92 valence electrons. The molecular weight excluding hydrogens is 212 g/mol. The molecule has 6 nitrogen and oxygen atoms in total. The highest BCUT2D eigenvalue weighted by Gasteiger charge is 2.33. The van der Waals surface area contributed by atoms with E-state index in [1.165, 1.54) is 4.90 Å². The Labute approximate surface area is 94.0 Å². The molecule has 0 radical (unpaired) electrons. The van der Waals surface area contributed by atoms with Crippen LogP contribution in [0, 0.1) is 0 Å². The molecule has 0 aromatic carbocycles. The summed E-state index contributed by atoms with van der Waals surface area (Å²) in [5.74, 6) is -1.61. The first-order chi connectivity index (χ1) is 7.41. The standard InChI is InChI=1S/C10H18N2O4/c11-8(13)5-12(6-9(14)15)7-10(16)3-1-2-4-10/h16H,1-7H2,(H2,11,13)(H,14,15). The third-order valence-corrected chi connectivity index (χ3v) is 2.79. The summed E-state index contributed by atoms with van der Waals surface area (Å²) in [6.45, 7) is -0.206. The SMILES string of the molecule is NC(=O)CN(CC(=O)O)CC1(O)CCCC1. The zero-order valence-corrected chi connectivity index (χ0v) is 9.19. The van der Waals surface area contributed by atoms with Gasteiger partial charge in [0.25, 0.3) is 0 Å². The van der Waals surface area contributed by atoms with Gasteiger partial charge in [0.15, 0.2) is 0 Å². The number of hydrogen-bond donors (Lipinski definition) is 3. The maximum Gasteiger partial charge on any atom is 0.317 e. The van der Waals surface area contributed by atoms with Crippen LogP contribution >= 0.6 is 0 Å². The van der Waals surface area contributed by atoms with E-state index in [1.807, 2.05) is 0 Å². The van der Waals surface area contributed by atoms with Crippen molar-refractivity contribution in [1.82, 2.24) is 4.90 Å². The molecule has 1 aliphatic rings. The molecule has 1 amide bonds. The van der Waals surface area contributed by atoms with Crippen molar-refractivity contribution in [3.05, 3.63) is 0 Å². The van der Waals surface area contributed by atoms with E-state index in [4.69, 9.17) is 10.8 Å². The molecule has 6 heteroatoms. The van der Waals surface area contributed by atoms with Gasteiger partial charge in [-0.05, 0) is 12.8 Å². The number of nitrogens with two attached hydrogens (primary N) is 1. The molecule has 0 aromatic rings. The van der Waals surface area contributed by atoms with Gasteiger partial charge in [-0.1, -0.05) is 12.8 Å². The lowest BCUT2D eigenvalue weighted by atomic mass is 10.0. The van der Waals surface area contributed by atoms with Gasteiger partial charge in [-0.2, -0.15) is 0 Å². The van der Waals surface area contributed by atoms with E-state index < -0.39 is 17.5 Å². The molecule has 0 aromatic heterocycles. The number of carbonyl (C=O) groups is 2. The van der Waals surface area contributed by atoms with Gasteiger partial charge in [-0.25, -0.2) is 0 Å². The van der Waals surface area contributed by atoms with Gasteiger partial charge in [0.1, 0.15) is 0 Å². The summed E-state index contributed by atoms with van der Waals surface area (Å²) in [6, 6.07) is 0. The number of aliphatic carboxylic acids is 1. The van der Waals surface area contributed by atoms with Gasteiger partial charge in [-0.15, -0.1) is 0 Å². The van der Waals surface area contributed by atoms with Crippen LogP contribution in [-0.4, -0.2) is 52.2 Å². The summed E-state index contributed by atoms with van der Waals surface area (Å²) in [6.07, 6.45) is 3.19. The number of carboxylic acid groups (broad SMARTS) is 1. The molecule has 0 spiro atoms. The fraction of sp³-hybridized carbons (Fsp3) is 0.800. The number of carboxylic acids is 1. The van der Waals surface area contributed by atoms with Crippen molar-refractivity contribution in [2.45, 2.75) is 31.3 Å². The minimum atomic E-state index is -1.03. The summed E-state index contributed by atoms with van der Waals surface area (Å²) in [5, 5.41) is 18.8. The number of hydrogen-bond acceptors (Lipinski definition) is 4. The molecule has 16 heavy (non-hydrogen) atoms. The van der Waals surface area contributed by atoms with E-state index >= 15 is 0 Å². The fourth-order valence-corrected chi connectivity index (χ4v) is 2.19. The predicted molar refractivity (Wildman–Crippen MR) is 56.7 cm³/mol. The maximum absolute atomic E-state index is 10.8. The molecular formula is C10H18N2O4. The number of rotatable bonds is 6. The first-order valence-electron chi connectivity index (χ1n) is 5.36. The van der Waals surface area contributed by atoms with Crippen LogP contribution in [0.3, 0.4) is 0 Å². The number of nitrogens with zero attached hydrogens (tertiary/aromatic N) is 1. The Morgan fingerprint density at radius 3 is 2.25 bits per heavy atom. The lowest BCUT2D eigenvalue weighted by Crippen LogP contribution is -2.46. The second kappa shape index (κ2) is 5.27. The lowest BCUT2D eigenvalue weighted by Gasteiger charge is -2.29. The summed E-state index contributed by atoms with van der Waals surface area (Å²) in [4.78, 5) is 22.8. The van der Waals surface area contributed by atoms with Crippen LogP contribution in [0.2, 0.25) is 0 Å². The first kappa shape index (κ1) is 12.9. The van der Waals surface area contributed by atoms with E-state index in [0.717, 1.165) is 12.8 Å². The van der Waals surface area contributed by atoms with Crippen molar-refractivity contribution in [2.24, 2.45) is 5.73 Å². The van der Waals surface area contributed by atoms with Crippen molar-refractivity contribution in [2.75, 3.05) is 19.6 Å². The molecule has 0 atom stereocenters. The predicted octanol–water partition coefficient (Wildman–Crippen LogP) is -0.837. The van der Waals surface area contributed by atoms with Crippen LogP contribution < -0.4 is 5.73 Å². The van der Waals surface area contributed by atoms with Crippen LogP contribution in [0.5, 0.6) is 0 Å². The molecule has 1 aliphatic carbocycles. The molecule has 1 saturated carbocycles. The average molecular weight is 230 g/mol. The van der Waals surface area contributed by atoms with Gasteiger partial charge >= 0.3 is 5.97 Å². The van der Waals surface area contributed by atoms with E-state index in [9.17, 15) is 14.7 Å². The minimum Gasteiger partial charge on any atom is -0.480 e. The van der Waals surface area contributed by atoms with Gasteiger partial charge in [0.2, 0.25) is 5.91 Å². The zero-order valence-electron chi connectivity index (χ0n) is 9.19. The highest BCUT2D eigenvalue weighted by molar-refractivity contribution is 5.77.